The van der Waals surface area contributed by atoms with Crippen LogP contribution in [0.5, 0.6) is 0 Å². The molecule has 0 saturated carbocycles. The molecule has 0 spiro atoms. The molecule has 0 N–H and O–H groups in total. The van der Waals surface area contributed by atoms with Crippen LogP contribution in [0.1, 0.15) is 18.4 Å². The second-order valence-electron chi connectivity index (χ2n) is 6.06. The van der Waals surface area contributed by atoms with Crippen LogP contribution in [0.25, 0.3) is 0 Å². The number of nitrogens with zero attached hydrogens (tertiary/aromatic N) is 2. The van der Waals surface area contributed by atoms with Crippen LogP contribution < -0.4 is 4.90 Å². The molecule has 1 saturated heterocycles. The Bertz CT molecular complexity index is 761. The molecule has 1 amide bonds. The molecule has 130 valence electrons. The zero-order chi connectivity index (χ0) is 17.3. The lowest BCUT2D eigenvalue weighted by Gasteiger charge is -2.21. The summed E-state index contributed by atoms with van der Waals surface area (Å²) in [4.78, 5) is 26.1. The number of carbonyl (C=O) groups is 2. The van der Waals surface area contributed by atoms with Gasteiger partial charge in [-0.3, -0.25) is 9.59 Å². The summed E-state index contributed by atoms with van der Waals surface area (Å²) in [6, 6.07) is 6.80. The summed E-state index contributed by atoms with van der Waals surface area (Å²) >= 11 is 0. The number of para-hydroxylation sites is 1. The monoisotopic (exact) mass is 352 g/mol. The van der Waals surface area contributed by atoms with Crippen molar-refractivity contribution in [3.8, 4) is 0 Å². The van der Waals surface area contributed by atoms with Crippen LogP contribution in [0.3, 0.4) is 0 Å². The minimum atomic E-state index is -3.45. The second kappa shape index (κ2) is 6.52. The Labute approximate surface area is 141 Å². The first kappa shape index (κ1) is 16.9. The van der Waals surface area contributed by atoms with Crippen molar-refractivity contribution in [2.45, 2.75) is 25.3 Å². The number of rotatable bonds is 4. The molecule has 2 aliphatic heterocycles. The van der Waals surface area contributed by atoms with Gasteiger partial charge in [-0.25, -0.2) is 8.42 Å². The largest absolute Gasteiger partial charge is 0.454 e. The van der Waals surface area contributed by atoms with Gasteiger partial charge >= 0.3 is 5.97 Å². The van der Waals surface area contributed by atoms with Crippen molar-refractivity contribution < 1.29 is 22.7 Å². The molecule has 8 heteroatoms. The van der Waals surface area contributed by atoms with Crippen molar-refractivity contribution in [1.82, 2.24) is 4.31 Å². The van der Waals surface area contributed by atoms with Gasteiger partial charge in [-0.15, -0.1) is 0 Å². The zero-order valence-corrected chi connectivity index (χ0v) is 14.3. The molecule has 0 bridgehead atoms. The molecule has 7 nitrogen and oxygen atoms in total. The van der Waals surface area contributed by atoms with Crippen molar-refractivity contribution in [3.05, 3.63) is 29.8 Å². The first-order valence-electron chi connectivity index (χ1n) is 7.89. The predicted molar refractivity (Wildman–Crippen MR) is 88.0 cm³/mol. The summed E-state index contributed by atoms with van der Waals surface area (Å²) in [5.74, 6) is -0.948. The van der Waals surface area contributed by atoms with Crippen molar-refractivity contribution in [2.75, 3.05) is 30.9 Å². The first-order valence-corrected chi connectivity index (χ1v) is 9.74. The van der Waals surface area contributed by atoms with Gasteiger partial charge in [-0.2, -0.15) is 4.31 Å². The fourth-order valence-corrected chi connectivity index (χ4v) is 4.39. The summed E-state index contributed by atoms with van der Waals surface area (Å²) in [5.41, 5.74) is 1.94. The molecule has 1 fully saturated rings. The Morgan fingerprint density at radius 1 is 1.25 bits per heavy atom. The fourth-order valence-electron chi connectivity index (χ4n) is 3.28. The molecule has 0 aromatic heterocycles. The van der Waals surface area contributed by atoms with Crippen molar-refractivity contribution in [1.29, 1.82) is 0 Å². The molecule has 1 aromatic carbocycles. The molecule has 1 aromatic rings. The van der Waals surface area contributed by atoms with E-state index in [0.717, 1.165) is 28.2 Å². The summed E-state index contributed by atoms with van der Waals surface area (Å²) < 4.78 is 29.6. The maximum absolute atomic E-state index is 12.3. The number of esters is 1. The quantitative estimate of drug-likeness (QED) is 0.739. The molecular weight excluding hydrogens is 332 g/mol. The van der Waals surface area contributed by atoms with Crippen LogP contribution in [0, 0.1) is 0 Å². The van der Waals surface area contributed by atoms with E-state index in [1.165, 1.54) is 0 Å². The molecule has 1 atom stereocenters. The van der Waals surface area contributed by atoms with Gasteiger partial charge in [0.25, 0.3) is 5.91 Å². The van der Waals surface area contributed by atoms with Crippen molar-refractivity contribution in [3.63, 3.8) is 0 Å². The average molecular weight is 352 g/mol. The van der Waals surface area contributed by atoms with E-state index in [4.69, 9.17) is 4.74 Å². The number of sulfonamides is 1. The van der Waals surface area contributed by atoms with Gasteiger partial charge in [-0.1, -0.05) is 18.2 Å². The fraction of sp³-hybridized carbons (Fsp3) is 0.500. The van der Waals surface area contributed by atoms with E-state index in [-0.39, 0.29) is 12.5 Å². The van der Waals surface area contributed by atoms with Crippen molar-refractivity contribution >= 4 is 27.6 Å². The molecular formula is C16H20N2O5S. The van der Waals surface area contributed by atoms with Gasteiger partial charge in [0.05, 0.1) is 6.26 Å². The summed E-state index contributed by atoms with van der Waals surface area (Å²) in [5, 5.41) is 0. The number of hydrogen-bond donors (Lipinski definition) is 0. The standard InChI is InChI=1S/C16H20N2O5S/c1-24(21,22)18-9-4-7-14(18)16(20)23-11-15(19)17-10-8-12-5-2-3-6-13(12)17/h2-3,5-6,14H,4,7-11H2,1H3. The number of fused-ring (bicyclic) bond motifs is 1. The minimum absolute atomic E-state index is 0.294. The van der Waals surface area contributed by atoms with Gasteiger partial charge < -0.3 is 9.64 Å². The lowest BCUT2D eigenvalue weighted by atomic mass is 10.2. The molecule has 1 unspecified atom stereocenters. The second-order valence-corrected chi connectivity index (χ2v) is 8.00. The van der Waals surface area contributed by atoms with E-state index < -0.39 is 22.0 Å². The van der Waals surface area contributed by atoms with Gasteiger partial charge in [0, 0.05) is 18.8 Å². The third-order valence-corrected chi connectivity index (χ3v) is 5.72. The Balaban J connectivity index is 1.60. The number of hydrogen-bond acceptors (Lipinski definition) is 5. The van der Waals surface area contributed by atoms with Crippen LogP contribution in [0.15, 0.2) is 24.3 Å². The smallest absolute Gasteiger partial charge is 0.324 e. The highest BCUT2D eigenvalue weighted by Crippen LogP contribution is 2.27. The van der Waals surface area contributed by atoms with Crippen LogP contribution in [-0.4, -0.2) is 56.6 Å². The number of anilines is 1. The summed E-state index contributed by atoms with van der Waals surface area (Å²) in [7, 11) is -3.45. The molecule has 2 heterocycles. The number of amides is 1. The first-order chi connectivity index (χ1) is 11.4. The highest BCUT2D eigenvalue weighted by atomic mass is 32.2. The van der Waals surface area contributed by atoms with Crippen LogP contribution in [0.4, 0.5) is 5.69 Å². The van der Waals surface area contributed by atoms with E-state index in [0.29, 0.717) is 25.9 Å². The maximum Gasteiger partial charge on any atom is 0.324 e. The summed E-state index contributed by atoms with van der Waals surface area (Å²) in [6.45, 7) is 0.502. The minimum Gasteiger partial charge on any atom is -0.454 e. The lowest BCUT2D eigenvalue weighted by Crippen LogP contribution is -2.42. The number of ether oxygens (including phenoxy) is 1. The summed E-state index contributed by atoms with van der Waals surface area (Å²) in [6.07, 6.45) is 2.89. The normalized spacial score (nSPS) is 20.9. The van der Waals surface area contributed by atoms with E-state index in [1.807, 2.05) is 24.3 Å². The lowest BCUT2D eigenvalue weighted by molar-refractivity contribution is -0.151. The molecule has 24 heavy (non-hydrogen) atoms. The SMILES string of the molecule is CS(=O)(=O)N1CCCC1C(=O)OCC(=O)N1CCc2ccccc21. The van der Waals surface area contributed by atoms with Crippen LogP contribution >= 0.6 is 0 Å². The van der Waals surface area contributed by atoms with E-state index >= 15 is 0 Å². The number of carbonyl (C=O) groups excluding carboxylic acids is 2. The Morgan fingerprint density at radius 2 is 2.00 bits per heavy atom. The molecule has 2 aliphatic rings. The third-order valence-electron chi connectivity index (χ3n) is 4.43. The molecule has 3 rings (SSSR count). The van der Waals surface area contributed by atoms with Gasteiger partial charge in [-0.05, 0) is 30.9 Å². The van der Waals surface area contributed by atoms with Crippen LogP contribution in [-0.2, 0) is 30.8 Å². The van der Waals surface area contributed by atoms with Crippen LogP contribution in [0.2, 0.25) is 0 Å². The topological polar surface area (TPSA) is 84.0 Å². The average Bonchev–Trinajstić information content (AvgIpc) is 3.18. The van der Waals surface area contributed by atoms with Gasteiger partial charge in [0.2, 0.25) is 10.0 Å². The highest BCUT2D eigenvalue weighted by Gasteiger charge is 2.38. The predicted octanol–water partition coefficient (Wildman–Crippen LogP) is 0.543. The molecule has 0 radical (unpaired) electrons. The highest BCUT2D eigenvalue weighted by molar-refractivity contribution is 7.88. The zero-order valence-electron chi connectivity index (χ0n) is 13.5. The molecule has 0 aliphatic carbocycles. The van der Waals surface area contributed by atoms with E-state index in [1.54, 1.807) is 4.90 Å². The third kappa shape index (κ3) is 3.29. The van der Waals surface area contributed by atoms with Gasteiger partial charge in [0.15, 0.2) is 6.61 Å². The van der Waals surface area contributed by atoms with Crippen molar-refractivity contribution in [2.24, 2.45) is 0 Å². The Hall–Kier alpha value is -1.93. The Kier molecular flexibility index (Phi) is 4.60. The van der Waals surface area contributed by atoms with E-state index in [2.05, 4.69) is 0 Å². The maximum atomic E-state index is 12.3. The van der Waals surface area contributed by atoms with Gasteiger partial charge in [0.1, 0.15) is 6.04 Å². The Morgan fingerprint density at radius 3 is 2.75 bits per heavy atom. The van der Waals surface area contributed by atoms with E-state index in [9.17, 15) is 18.0 Å². The number of benzene rings is 1.